The smallest absolute Gasteiger partial charge is 0.0811 e. The van der Waals surface area contributed by atoms with Gasteiger partial charge in [-0.1, -0.05) is 45.1 Å². The molecule has 30 heavy (non-hydrogen) atoms. The lowest BCUT2D eigenvalue weighted by Gasteiger charge is -2.44. The van der Waals surface area contributed by atoms with Gasteiger partial charge in [0.1, 0.15) is 0 Å². The van der Waals surface area contributed by atoms with Crippen molar-refractivity contribution in [1.29, 1.82) is 0 Å². The molecule has 0 aromatic heterocycles. The maximum Gasteiger partial charge on any atom is 0.0811 e. The van der Waals surface area contributed by atoms with Gasteiger partial charge >= 0.3 is 0 Å². The van der Waals surface area contributed by atoms with Gasteiger partial charge in [-0.2, -0.15) is 0 Å². The van der Waals surface area contributed by atoms with Crippen molar-refractivity contribution in [3.63, 3.8) is 0 Å². The van der Waals surface area contributed by atoms with Crippen LogP contribution in [0.1, 0.15) is 72.6 Å². The van der Waals surface area contributed by atoms with Gasteiger partial charge in [0.15, 0.2) is 0 Å². The van der Waals surface area contributed by atoms with Gasteiger partial charge in [-0.15, -0.1) is 0 Å². The fourth-order valence-electron chi connectivity index (χ4n) is 6.07. The molecule has 0 unspecified atom stereocenters. The van der Waals surface area contributed by atoms with Crippen molar-refractivity contribution in [2.24, 2.45) is 23.2 Å². The van der Waals surface area contributed by atoms with Crippen molar-refractivity contribution in [3.05, 3.63) is 35.5 Å². The Balaban J connectivity index is 1.72. The summed E-state index contributed by atoms with van der Waals surface area (Å²) in [6.45, 7) is 13.1. The molecule has 3 aliphatic rings. The van der Waals surface area contributed by atoms with Crippen LogP contribution in [0.3, 0.4) is 0 Å². The van der Waals surface area contributed by atoms with E-state index in [4.69, 9.17) is 4.74 Å². The molecule has 170 valence electrons. The average Bonchev–Trinajstić information content (AvgIpc) is 3.04. The number of fused-ring (bicyclic) bond motifs is 1. The molecular weight excluding hydrogens is 376 g/mol. The minimum atomic E-state index is -0.634. The number of hydrogen-bond acceptors (Lipinski definition) is 4. The van der Waals surface area contributed by atoms with Crippen LogP contribution < -0.4 is 0 Å². The third kappa shape index (κ3) is 4.93. The maximum absolute atomic E-state index is 10.1. The Morgan fingerprint density at radius 2 is 1.93 bits per heavy atom. The van der Waals surface area contributed by atoms with Crippen LogP contribution in [-0.2, 0) is 4.74 Å². The number of aliphatic hydroxyl groups is 3. The van der Waals surface area contributed by atoms with Crippen molar-refractivity contribution < 1.29 is 20.1 Å². The minimum absolute atomic E-state index is 0.148. The topological polar surface area (TPSA) is 69.9 Å². The zero-order valence-corrected chi connectivity index (χ0v) is 19.3. The molecule has 3 saturated carbocycles. The van der Waals surface area contributed by atoms with Crippen LogP contribution in [0.25, 0.3) is 0 Å². The number of hydrogen-bond donors (Lipinski definition) is 3. The summed E-state index contributed by atoms with van der Waals surface area (Å²) >= 11 is 0. The zero-order chi connectivity index (χ0) is 22.1. The predicted molar refractivity (Wildman–Crippen MR) is 121 cm³/mol. The minimum Gasteiger partial charge on any atom is -0.393 e. The van der Waals surface area contributed by atoms with Gasteiger partial charge in [0.25, 0.3) is 0 Å². The lowest BCUT2D eigenvalue weighted by atomic mass is 9.62. The van der Waals surface area contributed by atoms with Gasteiger partial charge in [0.2, 0.25) is 0 Å². The van der Waals surface area contributed by atoms with E-state index in [1.54, 1.807) is 0 Å². The quantitative estimate of drug-likeness (QED) is 0.592. The second-order valence-corrected chi connectivity index (χ2v) is 10.5. The Kier molecular flexibility index (Phi) is 7.66. The second-order valence-electron chi connectivity index (χ2n) is 10.5. The maximum atomic E-state index is 10.1. The summed E-state index contributed by atoms with van der Waals surface area (Å²) in [4.78, 5) is 0. The summed E-state index contributed by atoms with van der Waals surface area (Å²) in [7, 11) is 0. The first kappa shape index (κ1) is 23.7. The van der Waals surface area contributed by atoms with Crippen LogP contribution in [0.4, 0.5) is 0 Å². The lowest BCUT2D eigenvalue weighted by Crippen LogP contribution is -2.39. The Morgan fingerprint density at radius 1 is 1.20 bits per heavy atom. The molecule has 0 aromatic carbocycles. The Bertz CT molecular complexity index is 679. The van der Waals surface area contributed by atoms with Crippen LogP contribution in [0.15, 0.2) is 35.5 Å². The van der Waals surface area contributed by atoms with E-state index in [1.807, 2.05) is 13.8 Å². The van der Waals surface area contributed by atoms with Crippen LogP contribution in [0.5, 0.6) is 0 Å². The van der Waals surface area contributed by atoms with Gasteiger partial charge in [0, 0.05) is 6.42 Å². The molecule has 3 rings (SSSR count). The molecule has 3 fully saturated rings. The molecule has 0 aliphatic heterocycles. The van der Waals surface area contributed by atoms with E-state index < -0.39 is 18.3 Å². The highest BCUT2D eigenvalue weighted by molar-refractivity contribution is 5.38. The van der Waals surface area contributed by atoms with E-state index in [1.165, 1.54) is 24.8 Å². The summed E-state index contributed by atoms with van der Waals surface area (Å²) in [5, 5.41) is 30.3. The van der Waals surface area contributed by atoms with Crippen molar-refractivity contribution in [1.82, 2.24) is 0 Å². The van der Waals surface area contributed by atoms with Gasteiger partial charge in [-0.25, -0.2) is 0 Å². The van der Waals surface area contributed by atoms with Gasteiger partial charge in [-0.05, 0) is 79.8 Å². The summed E-state index contributed by atoms with van der Waals surface area (Å²) < 4.78 is 6.14. The number of allylic oxidation sites excluding steroid dienone is 3. The molecule has 4 nitrogen and oxygen atoms in total. The standard InChI is InChI=1S/C26H42O4/c1-16(2)25(29)15-30-18(4)22-10-11-23-19(7-6-12-26(22,23)5)8-9-20-13-21(27)14-24(28)17(20)3/h8-9,16,18,21-25,27-29H,3,6-7,10-15H2,1-2,4-5H3/b19-8+,20-9+/t18-,21-,22-,23+,24+,25+,26-/m1/s1. The van der Waals surface area contributed by atoms with E-state index >= 15 is 0 Å². The van der Waals surface area contributed by atoms with Crippen molar-refractivity contribution in [2.75, 3.05) is 6.61 Å². The Labute approximate surface area is 182 Å². The highest BCUT2D eigenvalue weighted by Gasteiger charge is 2.51. The van der Waals surface area contributed by atoms with Crippen LogP contribution in [0.2, 0.25) is 0 Å². The average molecular weight is 419 g/mol. The Morgan fingerprint density at radius 3 is 2.63 bits per heavy atom. The van der Waals surface area contributed by atoms with Crippen LogP contribution >= 0.6 is 0 Å². The molecule has 0 radical (unpaired) electrons. The summed E-state index contributed by atoms with van der Waals surface area (Å²) in [5.41, 5.74) is 3.46. The first-order valence-electron chi connectivity index (χ1n) is 11.9. The second kappa shape index (κ2) is 9.68. The molecule has 3 aliphatic carbocycles. The van der Waals surface area contributed by atoms with Crippen molar-refractivity contribution >= 4 is 0 Å². The largest absolute Gasteiger partial charge is 0.393 e. The first-order chi connectivity index (χ1) is 14.1. The predicted octanol–water partition coefficient (Wildman–Crippen LogP) is 4.55. The van der Waals surface area contributed by atoms with Gasteiger partial charge in [-0.3, -0.25) is 0 Å². The molecular formula is C26H42O4. The third-order valence-electron chi connectivity index (χ3n) is 8.17. The van der Waals surface area contributed by atoms with Gasteiger partial charge in [0.05, 0.1) is 31.0 Å². The molecule has 0 heterocycles. The molecule has 4 heteroatoms. The van der Waals surface area contributed by atoms with Crippen molar-refractivity contribution in [2.45, 2.75) is 97.1 Å². The highest BCUT2D eigenvalue weighted by Crippen LogP contribution is 2.58. The fraction of sp³-hybridized carbons (Fsp3) is 0.769. The fourth-order valence-corrected chi connectivity index (χ4v) is 6.07. The molecule has 0 aromatic rings. The summed E-state index contributed by atoms with van der Waals surface area (Å²) in [5.74, 6) is 1.28. The van der Waals surface area contributed by atoms with E-state index in [9.17, 15) is 15.3 Å². The highest BCUT2D eigenvalue weighted by atomic mass is 16.5. The van der Waals surface area contributed by atoms with Gasteiger partial charge < -0.3 is 20.1 Å². The molecule has 0 spiro atoms. The van der Waals surface area contributed by atoms with Crippen LogP contribution in [0, 0.1) is 23.2 Å². The molecule has 0 amide bonds. The molecule has 7 atom stereocenters. The summed E-state index contributed by atoms with van der Waals surface area (Å²) in [6.07, 6.45) is 9.82. The SMILES string of the molecule is C=C1/C(=C/C=C2\CCC[C@]3(C)[C@@H]([C@@H](C)OC[C@H](O)C(C)C)CC[C@@H]23)C[C@@H](O)C[C@@H]1O. The lowest BCUT2D eigenvalue weighted by molar-refractivity contribution is -0.0651. The van der Waals surface area contributed by atoms with E-state index in [2.05, 4.69) is 32.6 Å². The molecule has 3 N–H and O–H groups in total. The van der Waals surface area contributed by atoms with Crippen LogP contribution in [-0.4, -0.2) is 46.3 Å². The number of aliphatic hydroxyl groups excluding tert-OH is 3. The zero-order valence-electron chi connectivity index (χ0n) is 19.3. The third-order valence-corrected chi connectivity index (χ3v) is 8.17. The van der Waals surface area contributed by atoms with E-state index in [0.29, 0.717) is 31.3 Å². The van der Waals surface area contributed by atoms with E-state index in [-0.39, 0.29) is 17.4 Å². The number of rotatable bonds is 6. The van der Waals surface area contributed by atoms with Crippen molar-refractivity contribution in [3.8, 4) is 0 Å². The normalized spacial score (nSPS) is 39.5. The summed E-state index contributed by atoms with van der Waals surface area (Å²) in [6, 6.07) is 0. The molecule has 0 bridgehead atoms. The monoisotopic (exact) mass is 418 g/mol. The molecule has 0 saturated heterocycles. The Hall–Kier alpha value is -0.940. The first-order valence-corrected chi connectivity index (χ1v) is 11.9. The number of ether oxygens (including phenoxy) is 1. The van der Waals surface area contributed by atoms with E-state index in [0.717, 1.165) is 24.0 Å².